The normalized spacial score (nSPS) is 30.8. The molecule has 0 amide bonds. The van der Waals surface area contributed by atoms with Crippen LogP contribution in [0.15, 0.2) is 29.6 Å². The van der Waals surface area contributed by atoms with E-state index in [9.17, 15) is 0 Å². The van der Waals surface area contributed by atoms with Crippen molar-refractivity contribution in [3.05, 3.63) is 35.2 Å². The van der Waals surface area contributed by atoms with Gasteiger partial charge >= 0.3 is 0 Å². The molecule has 2 bridgehead atoms. The predicted octanol–water partition coefficient (Wildman–Crippen LogP) is 1.77. The van der Waals surface area contributed by atoms with Crippen LogP contribution in [0, 0.1) is 0 Å². The van der Waals surface area contributed by atoms with E-state index >= 15 is 0 Å². The summed E-state index contributed by atoms with van der Waals surface area (Å²) in [7, 11) is 0. The maximum absolute atomic E-state index is 6.55. The lowest BCUT2D eigenvalue weighted by atomic mass is 9.95. The summed E-state index contributed by atoms with van der Waals surface area (Å²) in [6, 6.07) is 9.45. The molecule has 2 N–H and O–H groups in total. The van der Waals surface area contributed by atoms with E-state index in [2.05, 4.69) is 39.4 Å². The van der Waals surface area contributed by atoms with Crippen molar-refractivity contribution in [3.8, 4) is 0 Å². The van der Waals surface area contributed by atoms with Crippen LogP contribution in [0.25, 0.3) is 10.1 Å². The second kappa shape index (κ2) is 5.11. The molecular weight excluding hydrogens is 266 g/mol. The summed E-state index contributed by atoms with van der Waals surface area (Å²) >= 11 is 1.84. The maximum atomic E-state index is 6.55. The van der Waals surface area contributed by atoms with Gasteiger partial charge in [0.05, 0.1) is 0 Å². The number of thiophene rings is 1. The van der Waals surface area contributed by atoms with Gasteiger partial charge in [-0.3, -0.25) is 9.80 Å². The molecule has 1 aromatic carbocycles. The standard InChI is InChI=1S/C16H21N3S/c17-14(15-10-18-5-7-19(15)8-6-18)9-12-11-20-16-4-2-1-3-13(12)16/h1-4,11,14-15H,5-10,17H2. The molecule has 4 heterocycles. The molecule has 20 heavy (non-hydrogen) atoms. The number of hydrogen-bond donors (Lipinski definition) is 1. The Bertz CT molecular complexity index is 601. The van der Waals surface area contributed by atoms with E-state index in [0.29, 0.717) is 6.04 Å². The number of nitrogens with zero attached hydrogens (tertiary/aromatic N) is 2. The van der Waals surface area contributed by atoms with Crippen LogP contribution in [-0.4, -0.2) is 54.6 Å². The Hall–Kier alpha value is -0.940. The lowest BCUT2D eigenvalue weighted by molar-refractivity contribution is 0.00263. The Labute approximate surface area is 124 Å². The van der Waals surface area contributed by atoms with Crippen molar-refractivity contribution in [3.63, 3.8) is 0 Å². The number of fused-ring (bicyclic) bond motifs is 4. The number of rotatable bonds is 3. The third kappa shape index (κ3) is 2.17. The molecule has 3 nitrogen and oxygen atoms in total. The van der Waals surface area contributed by atoms with Crippen molar-refractivity contribution in [2.75, 3.05) is 32.7 Å². The van der Waals surface area contributed by atoms with Gasteiger partial charge in [-0.05, 0) is 28.8 Å². The van der Waals surface area contributed by atoms with Crippen LogP contribution in [0.4, 0.5) is 0 Å². The Kier molecular flexibility index (Phi) is 3.27. The van der Waals surface area contributed by atoms with Crippen LogP contribution >= 0.6 is 11.3 Å². The molecule has 3 fully saturated rings. The van der Waals surface area contributed by atoms with Crippen molar-refractivity contribution in [1.82, 2.24) is 9.80 Å². The molecular formula is C16H21N3S. The van der Waals surface area contributed by atoms with Crippen LogP contribution in [0.2, 0.25) is 0 Å². The summed E-state index contributed by atoms with van der Waals surface area (Å²) in [6.45, 7) is 6.00. The molecule has 1 aromatic heterocycles. The summed E-state index contributed by atoms with van der Waals surface area (Å²) in [6.07, 6.45) is 0.999. The highest BCUT2D eigenvalue weighted by Crippen LogP contribution is 2.28. The first-order valence-corrected chi connectivity index (χ1v) is 8.36. The molecule has 0 radical (unpaired) electrons. The van der Waals surface area contributed by atoms with Crippen molar-refractivity contribution >= 4 is 21.4 Å². The van der Waals surface area contributed by atoms with Crippen molar-refractivity contribution in [1.29, 1.82) is 0 Å². The zero-order valence-corrected chi connectivity index (χ0v) is 12.5. The number of nitrogens with two attached hydrogens (primary N) is 1. The fourth-order valence-corrected chi connectivity index (χ4v) is 4.62. The summed E-state index contributed by atoms with van der Waals surface area (Å²) in [5, 5.41) is 3.69. The molecule has 3 aliphatic rings. The summed E-state index contributed by atoms with van der Waals surface area (Å²) < 4.78 is 1.38. The molecule has 2 atom stereocenters. The van der Waals surface area contributed by atoms with Crippen LogP contribution in [-0.2, 0) is 6.42 Å². The zero-order chi connectivity index (χ0) is 13.5. The van der Waals surface area contributed by atoms with E-state index in [1.807, 2.05) is 11.3 Å². The number of hydrogen-bond acceptors (Lipinski definition) is 4. The predicted molar refractivity (Wildman–Crippen MR) is 85.3 cm³/mol. The molecule has 2 aromatic rings. The minimum Gasteiger partial charge on any atom is -0.326 e. The number of piperazine rings is 3. The van der Waals surface area contributed by atoms with Crippen molar-refractivity contribution in [2.24, 2.45) is 5.73 Å². The summed E-state index contributed by atoms with van der Waals surface area (Å²) in [5.41, 5.74) is 7.98. The van der Waals surface area contributed by atoms with Gasteiger partial charge in [0.2, 0.25) is 0 Å². The van der Waals surface area contributed by atoms with Gasteiger partial charge in [0, 0.05) is 49.5 Å². The molecule has 5 rings (SSSR count). The topological polar surface area (TPSA) is 32.5 Å². The first-order valence-electron chi connectivity index (χ1n) is 7.48. The fourth-order valence-electron chi connectivity index (χ4n) is 3.64. The van der Waals surface area contributed by atoms with Gasteiger partial charge in [0.15, 0.2) is 0 Å². The van der Waals surface area contributed by atoms with Gasteiger partial charge in [-0.1, -0.05) is 18.2 Å². The largest absolute Gasteiger partial charge is 0.326 e. The lowest BCUT2D eigenvalue weighted by Gasteiger charge is -2.49. The second-order valence-electron chi connectivity index (χ2n) is 6.03. The SMILES string of the molecule is NC(Cc1csc2ccccc12)C1CN2CCN1CC2. The van der Waals surface area contributed by atoms with E-state index in [1.165, 1.54) is 41.8 Å². The van der Waals surface area contributed by atoms with Crippen LogP contribution in [0.5, 0.6) is 0 Å². The van der Waals surface area contributed by atoms with E-state index in [0.717, 1.165) is 13.0 Å². The Morgan fingerprint density at radius 2 is 2.00 bits per heavy atom. The Morgan fingerprint density at radius 1 is 1.20 bits per heavy atom. The van der Waals surface area contributed by atoms with Crippen molar-refractivity contribution < 1.29 is 0 Å². The fraction of sp³-hybridized carbons (Fsp3) is 0.500. The first kappa shape index (κ1) is 12.8. The summed E-state index contributed by atoms with van der Waals surface area (Å²) in [4.78, 5) is 5.16. The molecule has 0 aliphatic carbocycles. The zero-order valence-electron chi connectivity index (χ0n) is 11.7. The van der Waals surface area contributed by atoms with Gasteiger partial charge in [-0.25, -0.2) is 0 Å². The highest BCUT2D eigenvalue weighted by molar-refractivity contribution is 7.17. The minimum atomic E-state index is 0.246. The van der Waals surface area contributed by atoms with Gasteiger partial charge in [-0.2, -0.15) is 0 Å². The third-order valence-electron chi connectivity index (χ3n) is 4.83. The van der Waals surface area contributed by atoms with Gasteiger partial charge in [0.1, 0.15) is 0 Å². The van der Waals surface area contributed by atoms with E-state index in [-0.39, 0.29) is 6.04 Å². The maximum Gasteiger partial charge on any atom is 0.0378 e. The Morgan fingerprint density at radius 3 is 2.75 bits per heavy atom. The molecule has 0 saturated carbocycles. The molecule has 4 heteroatoms. The average Bonchev–Trinajstić information content (AvgIpc) is 2.92. The quantitative estimate of drug-likeness (QED) is 0.934. The van der Waals surface area contributed by atoms with Crippen LogP contribution < -0.4 is 5.73 Å². The van der Waals surface area contributed by atoms with Gasteiger partial charge in [0.25, 0.3) is 0 Å². The highest BCUT2D eigenvalue weighted by Gasteiger charge is 2.35. The molecule has 106 valence electrons. The van der Waals surface area contributed by atoms with Crippen molar-refractivity contribution in [2.45, 2.75) is 18.5 Å². The monoisotopic (exact) mass is 287 g/mol. The van der Waals surface area contributed by atoms with Crippen LogP contribution in [0.1, 0.15) is 5.56 Å². The molecule has 3 aliphatic heterocycles. The number of benzene rings is 1. The smallest absolute Gasteiger partial charge is 0.0378 e. The second-order valence-corrected chi connectivity index (χ2v) is 6.94. The van der Waals surface area contributed by atoms with E-state index in [4.69, 9.17) is 5.73 Å². The molecule has 2 unspecified atom stereocenters. The van der Waals surface area contributed by atoms with E-state index < -0.39 is 0 Å². The van der Waals surface area contributed by atoms with Gasteiger partial charge in [-0.15, -0.1) is 11.3 Å². The first-order chi connectivity index (χ1) is 9.81. The van der Waals surface area contributed by atoms with Gasteiger partial charge < -0.3 is 5.73 Å². The van der Waals surface area contributed by atoms with Crippen LogP contribution in [0.3, 0.4) is 0 Å². The lowest BCUT2D eigenvalue weighted by Crippen LogP contribution is -2.66. The summed E-state index contributed by atoms with van der Waals surface area (Å²) in [5.74, 6) is 0. The molecule has 0 spiro atoms. The average molecular weight is 287 g/mol. The molecule has 3 saturated heterocycles. The minimum absolute atomic E-state index is 0.246. The van der Waals surface area contributed by atoms with E-state index in [1.54, 1.807) is 0 Å². The highest BCUT2D eigenvalue weighted by atomic mass is 32.1. The Balaban J connectivity index is 1.53. The third-order valence-corrected chi connectivity index (χ3v) is 5.84.